The molecule has 0 atom stereocenters. The number of nitro benzene ring substituents is 1. The first kappa shape index (κ1) is 12.7. The maximum atomic E-state index is 11.1. The van der Waals surface area contributed by atoms with Gasteiger partial charge in [0.25, 0.3) is 5.69 Å². The van der Waals surface area contributed by atoms with Gasteiger partial charge in [-0.15, -0.1) is 0 Å². The second kappa shape index (κ2) is 4.85. The number of rotatable bonds is 3. The maximum absolute atomic E-state index is 11.1. The lowest BCUT2D eigenvalue weighted by molar-refractivity contribution is -0.384. The van der Waals surface area contributed by atoms with Crippen molar-refractivity contribution in [1.82, 2.24) is 0 Å². The zero-order valence-corrected chi connectivity index (χ0v) is 10.3. The lowest BCUT2D eigenvalue weighted by Gasteiger charge is -2.09. The van der Waals surface area contributed by atoms with Gasteiger partial charge >= 0.3 is 0 Å². The van der Waals surface area contributed by atoms with Crippen molar-refractivity contribution < 1.29 is 9.66 Å². The van der Waals surface area contributed by atoms with E-state index >= 15 is 0 Å². The Balaban J connectivity index is 2.67. The fraction of sp³-hybridized carbons (Fsp3) is 0.0769. The van der Waals surface area contributed by atoms with Crippen LogP contribution in [0.15, 0.2) is 36.4 Å². The van der Waals surface area contributed by atoms with E-state index in [0.717, 1.165) is 0 Å². The predicted octanol–water partition coefficient (Wildman–Crippen LogP) is 2.43. The SMILES string of the molecule is COc1ccc(-c2cc(N)ccc2N)c([N+](=O)[O-])c1. The van der Waals surface area contributed by atoms with Crippen molar-refractivity contribution in [2.24, 2.45) is 0 Å². The van der Waals surface area contributed by atoms with Crippen LogP contribution in [0.1, 0.15) is 0 Å². The second-order valence-electron chi connectivity index (χ2n) is 3.99. The number of methoxy groups -OCH3 is 1. The summed E-state index contributed by atoms with van der Waals surface area (Å²) in [6.45, 7) is 0. The van der Waals surface area contributed by atoms with Gasteiger partial charge in [0.1, 0.15) is 5.75 Å². The molecule has 0 amide bonds. The lowest BCUT2D eigenvalue weighted by Crippen LogP contribution is -1.97. The van der Waals surface area contributed by atoms with Crippen LogP contribution in [0.4, 0.5) is 17.1 Å². The van der Waals surface area contributed by atoms with E-state index in [1.54, 1.807) is 30.3 Å². The van der Waals surface area contributed by atoms with E-state index in [4.69, 9.17) is 16.2 Å². The molecule has 19 heavy (non-hydrogen) atoms. The Morgan fingerprint density at radius 3 is 2.47 bits per heavy atom. The van der Waals surface area contributed by atoms with Crippen LogP contribution in [0, 0.1) is 10.1 Å². The highest BCUT2D eigenvalue weighted by Crippen LogP contribution is 2.36. The molecule has 0 heterocycles. The van der Waals surface area contributed by atoms with Gasteiger partial charge in [-0.05, 0) is 30.3 Å². The van der Waals surface area contributed by atoms with Crippen molar-refractivity contribution in [2.75, 3.05) is 18.6 Å². The van der Waals surface area contributed by atoms with Crippen LogP contribution < -0.4 is 16.2 Å². The van der Waals surface area contributed by atoms with Gasteiger partial charge in [0.05, 0.1) is 23.7 Å². The molecule has 2 aromatic carbocycles. The molecule has 0 radical (unpaired) electrons. The second-order valence-corrected chi connectivity index (χ2v) is 3.99. The Bertz CT molecular complexity index is 641. The van der Waals surface area contributed by atoms with Crippen molar-refractivity contribution in [3.05, 3.63) is 46.5 Å². The third-order valence-corrected chi connectivity index (χ3v) is 2.77. The van der Waals surface area contributed by atoms with Gasteiger partial charge in [-0.25, -0.2) is 0 Å². The molecule has 2 rings (SSSR count). The van der Waals surface area contributed by atoms with Crippen LogP contribution in [0.3, 0.4) is 0 Å². The molecule has 0 saturated heterocycles. The van der Waals surface area contributed by atoms with Gasteiger partial charge < -0.3 is 16.2 Å². The van der Waals surface area contributed by atoms with Crippen LogP contribution in [-0.4, -0.2) is 12.0 Å². The largest absolute Gasteiger partial charge is 0.497 e. The molecule has 0 saturated carbocycles. The summed E-state index contributed by atoms with van der Waals surface area (Å²) in [5, 5.41) is 11.1. The molecule has 98 valence electrons. The summed E-state index contributed by atoms with van der Waals surface area (Å²) in [7, 11) is 1.45. The molecule has 4 N–H and O–H groups in total. The summed E-state index contributed by atoms with van der Waals surface area (Å²) in [4.78, 5) is 10.7. The monoisotopic (exact) mass is 259 g/mol. The third kappa shape index (κ3) is 2.42. The van der Waals surface area contributed by atoms with E-state index in [-0.39, 0.29) is 5.69 Å². The standard InChI is InChI=1S/C13H13N3O3/c1-19-9-3-4-10(13(7-9)16(17)18)11-6-8(14)2-5-12(11)15/h2-7H,14-15H2,1H3. The van der Waals surface area contributed by atoms with Gasteiger partial charge in [0.15, 0.2) is 0 Å². The summed E-state index contributed by atoms with van der Waals surface area (Å²) in [5.41, 5.74) is 13.4. The number of anilines is 2. The molecule has 2 aromatic rings. The van der Waals surface area contributed by atoms with Crippen LogP contribution in [0.25, 0.3) is 11.1 Å². The number of nitrogen functional groups attached to an aromatic ring is 2. The van der Waals surface area contributed by atoms with Gasteiger partial charge in [0, 0.05) is 16.9 Å². The highest BCUT2D eigenvalue weighted by Gasteiger charge is 2.18. The lowest BCUT2D eigenvalue weighted by atomic mass is 10.0. The quantitative estimate of drug-likeness (QED) is 0.500. The Morgan fingerprint density at radius 1 is 1.11 bits per heavy atom. The minimum absolute atomic E-state index is 0.0725. The Labute approximate surface area is 109 Å². The molecule has 0 aliphatic rings. The van der Waals surface area contributed by atoms with Gasteiger partial charge in [-0.2, -0.15) is 0 Å². The van der Waals surface area contributed by atoms with Gasteiger partial charge in [0.2, 0.25) is 0 Å². The van der Waals surface area contributed by atoms with E-state index in [1.807, 2.05) is 0 Å². The van der Waals surface area contributed by atoms with E-state index in [0.29, 0.717) is 28.3 Å². The van der Waals surface area contributed by atoms with E-state index in [1.165, 1.54) is 13.2 Å². The fourth-order valence-corrected chi connectivity index (χ4v) is 1.82. The summed E-state index contributed by atoms with van der Waals surface area (Å²) in [6.07, 6.45) is 0. The first-order chi connectivity index (χ1) is 9.02. The van der Waals surface area contributed by atoms with Crippen LogP contribution in [-0.2, 0) is 0 Å². The molecular formula is C13H13N3O3. The van der Waals surface area contributed by atoms with E-state index in [9.17, 15) is 10.1 Å². The number of benzene rings is 2. The highest BCUT2D eigenvalue weighted by molar-refractivity contribution is 5.85. The molecule has 6 nitrogen and oxygen atoms in total. The van der Waals surface area contributed by atoms with E-state index in [2.05, 4.69) is 0 Å². The number of ether oxygens (including phenoxy) is 1. The van der Waals surface area contributed by atoms with Gasteiger partial charge in [-0.1, -0.05) is 0 Å². The van der Waals surface area contributed by atoms with Crippen molar-refractivity contribution in [2.45, 2.75) is 0 Å². The molecule has 0 unspecified atom stereocenters. The molecule has 0 aromatic heterocycles. The first-order valence-corrected chi connectivity index (χ1v) is 5.50. The molecule has 0 bridgehead atoms. The average Bonchev–Trinajstić information content (AvgIpc) is 2.40. The normalized spacial score (nSPS) is 10.2. The smallest absolute Gasteiger partial charge is 0.280 e. The average molecular weight is 259 g/mol. The van der Waals surface area contributed by atoms with Crippen molar-refractivity contribution >= 4 is 17.1 Å². The van der Waals surface area contributed by atoms with E-state index < -0.39 is 4.92 Å². The molecule has 0 aliphatic carbocycles. The molecule has 6 heteroatoms. The number of hydrogen-bond acceptors (Lipinski definition) is 5. The zero-order valence-electron chi connectivity index (χ0n) is 10.3. The summed E-state index contributed by atoms with van der Waals surface area (Å²) >= 11 is 0. The minimum atomic E-state index is -0.472. The first-order valence-electron chi connectivity index (χ1n) is 5.50. The predicted molar refractivity (Wildman–Crippen MR) is 73.9 cm³/mol. The Hall–Kier alpha value is -2.76. The summed E-state index contributed by atoms with van der Waals surface area (Å²) in [5.74, 6) is 0.415. The third-order valence-electron chi connectivity index (χ3n) is 2.77. The van der Waals surface area contributed by atoms with Crippen molar-refractivity contribution in [3.63, 3.8) is 0 Å². The van der Waals surface area contributed by atoms with Gasteiger partial charge in [-0.3, -0.25) is 10.1 Å². The highest BCUT2D eigenvalue weighted by atomic mass is 16.6. The molecular weight excluding hydrogens is 246 g/mol. The maximum Gasteiger partial charge on any atom is 0.280 e. The fourth-order valence-electron chi connectivity index (χ4n) is 1.82. The number of hydrogen-bond donors (Lipinski definition) is 2. The molecule has 0 aliphatic heterocycles. The number of nitro groups is 1. The van der Waals surface area contributed by atoms with Crippen LogP contribution >= 0.6 is 0 Å². The van der Waals surface area contributed by atoms with Crippen LogP contribution in [0.5, 0.6) is 5.75 Å². The minimum Gasteiger partial charge on any atom is -0.497 e. The topological polar surface area (TPSA) is 104 Å². The molecule has 0 fully saturated rings. The zero-order chi connectivity index (χ0) is 14.0. The number of nitrogens with zero attached hydrogens (tertiary/aromatic N) is 1. The molecule has 0 spiro atoms. The Kier molecular flexibility index (Phi) is 3.24. The summed E-state index contributed by atoms with van der Waals surface area (Å²) < 4.78 is 4.99. The number of nitrogens with two attached hydrogens (primary N) is 2. The summed E-state index contributed by atoms with van der Waals surface area (Å²) in [6, 6.07) is 9.49. The van der Waals surface area contributed by atoms with Crippen molar-refractivity contribution in [3.8, 4) is 16.9 Å². The van der Waals surface area contributed by atoms with Crippen LogP contribution in [0.2, 0.25) is 0 Å². The Morgan fingerprint density at radius 2 is 1.84 bits per heavy atom. The van der Waals surface area contributed by atoms with Crippen molar-refractivity contribution in [1.29, 1.82) is 0 Å².